The van der Waals surface area contributed by atoms with Crippen molar-refractivity contribution >= 4 is 35.8 Å². The average molecular weight is 600 g/mol. The molecule has 1 aliphatic rings. The zero-order valence-corrected chi connectivity index (χ0v) is 27.8. The van der Waals surface area contributed by atoms with E-state index in [-0.39, 0.29) is 29.3 Å². The predicted octanol–water partition coefficient (Wildman–Crippen LogP) is 8.04. The van der Waals surface area contributed by atoms with Crippen molar-refractivity contribution in [1.82, 2.24) is 4.98 Å². The molecule has 2 aromatic carbocycles. The van der Waals surface area contributed by atoms with E-state index in [2.05, 4.69) is 46.0 Å². The van der Waals surface area contributed by atoms with Gasteiger partial charge in [-0.15, -0.1) is 11.3 Å². The van der Waals surface area contributed by atoms with Crippen LogP contribution in [-0.2, 0) is 20.3 Å². The summed E-state index contributed by atoms with van der Waals surface area (Å²) in [5.74, 6) is 1.13. The van der Waals surface area contributed by atoms with Crippen LogP contribution in [0.2, 0.25) is 18.1 Å². The van der Waals surface area contributed by atoms with Gasteiger partial charge in [0.1, 0.15) is 11.5 Å². The van der Waals surface area contributed by atoms with E-state index in [0.717, 1.165) is 45.2 Å². The molecule has 41 heavy (non-hydrogen) atoms. The minimum Gasteiger partial charge on any atom is -0.496 e. The maximum atomic E-state index is 12.5. The van der Waals surface area contributed by atoms with Gasteiger partial charge in [-0.25, -0.2) is 9.78 Å². The molecule has 2 atom stereocenters. The summed E-state index contributed by atoms with van der Waals surface area (Å²) in [5.41, 5.74) is 3.05. The molecule has 224 valence electrons. The highest BCUT2D eigenvalue weighted by molar-refractivity contribution is 7.18. The lowest BCUT2D eigenvalue weighted by Gasteiger charge is -2.42. The summed E-state index contributed by atoms with van der Waals surface area (Å²) >= 11 is 1.59. The number of methoxy groups -OCH3 is 3. The first-order valence-electron chi connectivity index (χ1n) is 14.4. The normalized spacial score (nSPS) is 16.1. The first-order chi connectivity index (χ1) is 19.4. The predicted molar refractivity (Wildman–Crippen MR) is 167 cm³/mol. The highest BCUT2D eigenvalue weighted by Crippen LogP contribution is 2.44. The molecule has 2 unspecified atom stereocenters. The van der Waals surface area contributed by atoms with Gasteiger partial charge in [0.15, 0.2) is 8.32 Å². The van der Waals surface area contributed by atoms with Crippen LogP contribution in [0.15, 0.2) is 30.3 Å². The van der Waals surface area contributed by atoms with E-state index >= 15 is 0 Å². The number of aromatic nitrogens is 1. The smallest absolute Gasteiger partial charge is 0.340 e. The molecule has 1 saturated carbocycles. The Morgan fingerprint density at radius 3 is 2.27 bits per heavy atom. The van der Waals surface area contributed by atoms with Gasteiger partial charge in [0.25, 0.3) is 0 Å². The van der Waals surface area contributed by atoms with E-state index in [1.54, 1.807) is 31.6 Å². The fourth-order valence-corrected chi connectivity index (χ4v) is 7.46. The van der Waals surface area contributed by atoms with Crippen molar-refractivity contribution in [3.63, 3.8) is 0 Å². The van der Waals surface area contributed by atoms with Gasteiger partial charge in [-0.1, -0.05) is 39.7 Å². The SMILES string of the molecule is COC(=O)c1cccc2sc(CC(OC3CCCC3)C(O[Si](C)(C)C(C)(C)C)c3cc(OC)c(C)c(OC)c3)nc12. The number of esters is 1. The Hall–Kier alpha value is -2.46. The first kappa shape index (κ1) is 31.5. The van der Waals surface area contributed by atoms with Crippen LogP contribution >= 0.6 is 11.3 Å². The van der Waals surface area contributed by atoms with Crippen molar-refractivity contribution in [2.45, 2.75) is 96.2 Å². The van der Waals surface area contributed by atoms with Gasteiger partial charge in [0.2, 0.25) is 0 Å². The van der Waals surface area contributed by atoms with E-state index in [1.165, 1.54) is 20.0 Å². The van der Waals surface area contributed by atoms with Gasteiger partial charge in [0, 0.05) is 12.0 Å². The zero-order valence-electron chi connectivity index (χ0n) is 26.0. The van der Waals surface area contributed by atoms with E-state index in [0.29, 0.717) is 17.5 Å². The molecule has 0 amide bonds. The Balaban J connectivity index is 1.83. The summed E-state index contributed by atoms with van der Waals surface area (Å²) in [6.07, 6.45) is 4.46. The molecule has 0 bridgehead atoms. The van der Waals surface area contributed by atoms with Gasteiger partial charge < -0.3 is 23.4 Å². The van der Waals surface area contributed by atoms with Crippen LogP contribution in [0.1, 0.15) is 79.1 Å². The van der Waals surface area contributed by atoms with E-state index in [9.17, 15) is 4.79 Å². The third-order valence-electron chi connectivity index (χ3n) is 8.58. The molecule has 3 aromatic rings. The second kappa shape index (κ2) is 12.8. The van der Waals surface area contributed by atoms with Crippen molar-refractivity contribution in [1.29, 1.82) is 0 Å². The molecule has 0 radical (unpaired) electrons. The number of nitrogens with zero attached hydrogens (tertiary/aromatic N) is 1. The van der Waals surface area contributed by atoms with Crippen LogP contribution in [0.4, 0.5) is 0 Å². The summed E-state index contributed by atoms with van der Waals surface area (Å²) in [6, 6.07) is 9.76. The summed E-state index contributed by atoms with van der Waals surface area (Å²) < 4.78 is 31.7. The summed E-state index contributed by atoms with van der Waals surface area (Å²) in [5, 5.41) is 0.891. The topological polar surface area (TPSA) is 76.1 Å². The van der Waals surface area contributed by atoms with Gasteiger partial charge in [-0.05, 0) is 67.7 Å². The molecular formula is C32H45NO6SSi. The molecule has 0 saturated heterocycles. The highest BCUT2D eigenvalue weighted by atomic mass is 32.1. The maximum absolute atomic E-state index is 12.5. The molecule has 1 fully saturated rings. The molecule has 0 N–H and O–H groups in total. The lowest BCUT2D eigenvalue weighted by atomic mass is 9.99. The monoisotopic (exact) mass is 599 g/mol. The summed E-state index contributed by atoms with van der Waals surface area (Å²) in [4.78, 5) is 17.4. The van der Waals surface area contributed by atoms with Crippen molar-refractivity contribution < 1.29 is 28.2 Å². The summed E-state index contributed by atoms with van der Waals surface area (Å²) in [7, 11) is 2.50. The number of rotatable bonds is 11. The minimum absolute atomic E-state index is 0.00664. The number of carbonyl (C=O) groups is 1. The second-order valence-electron chi connectivity index (χ2n) is 12.4. The highest BCUT2D eigenvalue weighted by Gasteiger charge is 2.42. The van der Waals surface area contributed by atoms with Crippen molar-refractivity contribution in [3.8, 4) is 11.5 Å². The Kier molecular flexibility index (Phi) is 9.84. The molecule has 1 aliphatic carbocycles. The third kappa shape index (κ3) is 6.96. The van der Waals surface area contributed by atoms with Crippen LogP contribution in [0, 0.1) is 6.92 Å². The Labute approximate surface area is 249 Å². The number of carbonyl (C=O) groups excluding carboxylic acids is 1. The van der Waals surface area contributed by atoms with Crippen LogP contribution in [0.3, 0.4) is 0 Å². The van der Waals surface area contributed by atoms with Crippen LogP contribution in [0.25, 0.3) is 10.2 Å². The average Bonchev–Trinajstić information content (AvgIpc) is 3.60. The van der Waals surface area contributed by atoms with Crippen molar-refractivity contribution in [2.24, 2.45) is 0 Å². The molecule has 9 heteroatoms. The standard InChI is InChI=1S/C32H45NO6SSi/c1-20-24(35-5)17-21(18-25(20)36-6)30(39-41(8,9)32(2,3)4)26(38-22-13-10-11-14-22)19-28-33-29-23(31(34)37-7)15-12-16-27(29)40-28/h12,15-18,22,26,30H,10-11,13-14,19H2,1-9H3. The molecule has 1 aromatic heterocycles. The van der Waals surface area contributed by atoms with E-state index < -0.39 is 8.32 Å². The quantitative estimate of drug-likeness (QED) is 0.163. The molecule has 1 heterocycles. The Bertz CT molecular complexity index is 1330. The van der Waals surface area contributed by atoms with Gasteiger partial charge in [-0.2, -0.15) is 0 Å². The maximum Gasteiger partial charge on any atom is 0.340 e. The molecule has 0 aliphatic heterocycles. The molecular weight excluding hydrogens is 555 g/mol. The van der Waals surface area contributed by atoms with E-state index in [1.807, 2.05) is 19.1 Å². The van der Waals surface area contributed by atoms with Crippen LogP contribution in [0.5, 0.6) is 11.5 Å². The lowest BCUT2D eigenvalue weighted by molar-refractivity contribution is -0.0704. The van der Waals surface area contributed by atoms with Crippen LogP contribution < -0.4 is 9.47 Å². The molecule has 0 spiro atoms. The summed E-state index contributed by atoms with van der Waals surface area (Å²) in [6.45, 7) is 13.3. The van der Waals surface area contributed by atoms with Gasteiger partial charge in [-0.3, -0.25) is 0 Å². The van der Waals surface area contributed by atoms with Crippen LogP contribution in [-0.4, -0.2) is 52.8 Å². The number of hydrogen-bond donors (Lipinski definition) is 0. The fraction of sp³-hybridized carbons (Fsp3) is 0.562. The molecule has 4 rings (SSSR count). The first-order valence-corrected chi connectivity index (χ1v) is 18.1. The zero-order chi connectivity index (χ0) is 29.9. The number of fused-ring (bicyclic) bond motifs is 1. The lowest BCUT2D eigenvalue weighted by Crippen LogP contribution is -2.45. The minimum atomic E-state index is -2.26. The molecule has 7 nitrogen and oxygen atoms in total. The number of thiazole rings is 1. The largest absolute Gasteiger partial charge is 0.496 e. The van der Waals surface area contributed by atoms with Crippen molar-refractivity contribution in [3.05, 3.63) is 52.0 Å². The number of ether oxygens (including phenoxy) is 4. The van der Waals surface area contributed by atoms with E-state index in [4.69, 9.17) is 28.4 Å². The van der Waals surface area contributed by atoms with Crippen molar-refractivity contribution in [2.75, 3.05) is 21.3 Å². The fourth-order valence-electron chi connectivity index (χ4n) is 5.15. The third-order valence-corrected chi connectivity index (χ3v) is 14.1. The number of hydrogen-bond acceptors (Lipinski definition) is 8. The Morgan fingerprint density at radius 1 is 1.07 bits per heavy atom. The second-order valence-corrected chi connectivity index (χ2v) is 18.3. The number of benzene rings is 2. The van der Waals surface area contributed by atoms with Gasteiger partial charge >= 0.3 is 5.97 Å². The number of para-hydroxylation sites is 1. The Morgan fingerprint density at radius 2 is 1.71 bits per heavy atom. The van der Waals surface area contributed by atoms with Gasteiger partial charge in [0.05, 0.1) is 60.4 Å².